The lowest BCUT2D eigenvalue weighted by molar-refractivity contribution is -0.145. The Morgan fingerprint density at radius 3 is 2.19 bits per heavy atom. The molecule has 4 aliphatic rings. The van der Waals surface area contributed by atoms with Crippen LogP contribution in [0.1, 0.15) is 104 Å². The van der Waals surface area contributed by atoms with Gasteiger partial charge in [-0.15, -0.1) is 0 Å². The van der Waals surface area contributed by atoms with Crippen LogP contribution in [-0.4, -0.2) is 114 Å². The molecular formula is C42H62N6O9. The van der Waals surface area contributed by atoms with Gasteiger partial charge in [-0.3, -0.25) is 28.8 Å². The maximum absolute atomic E-state index is 14.6. The molecule has 2 aliphatic carbocycles. The fraction of sp³-hybridized carbons (Fsp3) is 0.690. The van der Waals surface area contributed by atoms with Crippen molar-refractivity contribution >= 4 is 41.4 Å². The van der Waals surface area contributed by atoms with Crippen LogP contribution in [0.2, 0.25) is 0 Å². The Labute approximate surface area is 336 Å². The number of fused-ring (bicyclic) bond motifs is 1. The van der Waals surface area contributed by atoms with Gasteiger partial charge in [-0.25, -0.2) is 4.79 Å². The second-order valence-electron chi connectivity index (χ2n) is 17.5. The molecule has 2 saturated carbocycles. The summed E-state index contributed by atoms with van der Waals surface area (Å²) in [5, 5.41) is 10.7. The van der Waals surface area contributed by atoms with Crippen molar-refractivity contribution < 1.29 is 43.0 Å². The lowest BCUT2D eigenvalue weighted by Gasteiger charge is -2.36. The summed E-state index contributed by atoms with van der Waals surface area (Å²) < 4.78 is 12.0. The number of hydrogen-bond acceptors (Lipinski definition) is 9. The predicted molar refractivity (Wildman–Crippen MR) is 210 cm³/mol. The number of likely N-dealkylation sites (tertiary alicyclic amines) is 1. The quantitative estimate of drug-likeness (QED) is 0.182. The highest BCUT2D eigenvalue weighted by atomic mass is 16.6. The van der Waals surface area contributed by atoms with Crippen LogP contribution >= 0.6 is 0 Å². The highest BCUT2D eigenvalue weighted by Gasteiger charge is 2.56. The third-order valence-corrected chi connectivity index (χ3v) is 11.9. The van der Waals surface area contributed by atoms with Crippen molar-refractivity contribution in [3.05, 3.63) is 35.9 Å². The van der Waals surface area contributed by atoms with Gasteiger partial charge in [-0.2, -0.15) is 0 Å². The van der Waals surface area contributed by atoms with Gasteiger partial charge in [0.05, 0.1) is 24.3 Å². The molecule has 2 saturated heterocycles. The van der Waals surface area contributed by atoms with Gasteiger partial charge in [0.2, 0.25) is 29.4 Å². The molecule has 2 unspecified atom stereocenters. The molecule has 0 bridgehead atoms. The van der Waals surface area contributed by atoms with Crippen molar-refractivity contribution in [3.8, 4) is 0 Å². The molecule has 1 aromatic carbocycles. The van der Waals surface area contributed by atoms with Crippen LogP contribution < -0.4 is 21.3 Å². The highest BCUT2D eigenvalue weighted by Crippen LogP contribution is 2.44. The van der Waals surface area contributed by atoms with E-state index in [4.69, 9.17) is 9.47 Å². The van der Waals surface area contributed by atoms with E-state index in [1.165, 1.54) is 9.80 Å². The Balaban J connectivity index is 1.31. The molecule has 57 heavy (non-hydrogen) atoms. The Morgan fingerprint density at radius 1 is 0.912 bits per heavy atom. The van der Waals surface area contributed by atoms with Crippen molar-refractivity contribution in [3.63, 3.8) is 0 Å². The van der Waals surface area contributed by atoms with E-state index >= 15 is 0 Å². The molecule has 0 radical (unpaired) electrons. The van der Waals surface area contributed by atoms with E-state index in [2.05, 4.69) is 21.3 Å². The van der Waals surface area contributed by atoms with Gasteiger partial charge in [0.1, 0.15) is 24.2 Å². The minimum absolute atomic E-state index is 0.0717. The monoisotopic (exact) mass is 794 g/mol. The van der Waals surface area contributed by atoms with Crippen LogP contribution in [0.15, 0.2) is 30.3 Å². The van der Waals surface area contributed by atoms with Crippen molar-refractivity contribution in [1.29, 1.82) is 0 Å². The number of likely N-dealkylation sites (N-methyl/N-ethyl adjacent to an activating group) is 1. The third-order valence-electron chi connectivity index (χ3n) is 11.9. The maximum Gasteiger partial charge on any atom is 0.408 e. The lowest BCUT2D eigenvalue weighted by Crippen LogP contribution is -2.59. The zero-order chi connectivity index (χ0) is 41.6. The zero-order valence-corrected chi connectivity index (χ0v) is 34.5. The standard InChI is InChI=1S/C42H62N6O9/c1-24(2)25(3)56-41(55)46-34(28-16-12-9-13-17-28)40(54)48-23-31-29(21-42(4,5)57-31)35(48)37(51)44-30(20-26-18-19-26)36(50)38(52)43-22-32(49)45-33(39(53)47(6)7)27-14-10-8-11-15-27/h8,10-11,14-15,24-26,28-31,33-35H,9,12-13,16-23H2,1-7H3,(H,43,52)(H,44,51)(H,45,49)(H,46,55)/t25?,29-,30?,31-,33-,34-,35-/m0/s1. The van der Waals surface area contributed by atoms with Crippen LogP contribution in [0.4, 0.5) is 4.79 Å². The molecule has 4 N–H and O–H groups in total. The molecule has 2 heterocycles. The minimum atomic E-state index is -1.20. The number of nitrogens with zero attached hydrogens (tertiary/aromatic N) is 2. The first-order valence-electron chi connectivity index (χ1n) is 20.6. The fourth-order valence-electron chi connectivity index (χ4n) is 8.31. The molecule has 314 valence electrons. The van der Waals surface area contributed by atoms with Gasteiger partial charge in [-0.05, 0) is 69.8 Å². The number of amides is 6. The molecular weight excluding hydrogens is 732 g/mol. The average Bonchev–Trinajstić information content (AvgIpc) is 3.86. The van der Waals surface area contributed by atoms with Crippen LogP contribution in [0.25, 0.3) is 0 Å². The molecule has 0 aromatic heterocycles. The maximum atomic E-state index is 14.6. The smallest absolute Gasteiger partial charge is 0.408 e. The normalized spacial score (nSPS) is 23.6. The second-order valence-corrected chi connectivity index (χ2v) is 17.5. The average molecular weight is 795 g/mol. The molecule has 7 atom stereocenters. The van der Waals surface area contributed by atoms with E-state index in [1.807, 2.05) is 27.7 Å². The van der Waals surface area contributed by atoms with Gasteiger partial charge >= 0.3 is 6.09 Å². The molecule has 15 nitrogen and oxygen atoms in total. The number of carbonyl (C=O) groups excluding carboxylic acids is 7. The Bertz CT molecular complexity index is 1640. The van der Waals surface area contributed by atoms with Crippen molar-refractivity contribution in [2.24, 2.45) is 23.7 Å². The fourth-order valence-corrected chi connectivity index (χ4v) is 8.31. The molecule has 1 aromatic rings. The van der Waals surface area contributed by atoms with Gasteiger partial charge in [0.15, 0.2) is 0 Å². The Hall–Kier alpha value is -4.53. The van der Waals surface area contributed by atoms with E-state index in [9.17, 15) is 33.6 Å². The zero-order valence-electron chi connectivity index (χ0n) is 34.5. The van der Waals surface area contributed by atoms with Crippen LogP contribution in [0.5, 0.6) is 0 Å². The number of benzene rings is 1. The molecule has 15 heteroatoms. The summed E-state index contributed by atoms with van der Waals surface area (Å²) in [4.78, 5) is 98.1. The van der Waals surface area contributed by atoms with Crippen LogP contribution in [-0.2, 0) is 38.2 Å². The summed E-state index contributed by atoms with van der Waals surface area (Å²) in [5.41, 5.74) is -0.000318. The number of rotatable bonds is 16. The second kappa shape index (κ2) is 18.8. The summed E-state index contributed by atoms with van der Waals surface area (Å²) in [6, 6.07) is 4.53. The lowest BCUT2D eigenvalue weighted by atomic mass is 9.83. The predicted octanol–water partition coefficient (Wildman–Crippen LogP) is 3.02. The number of alkyl carbamates (subject to hydrolysis) is 1. The van der Waals surface area contributed by atoms with E-state index in [0.717, 1.165) is 44.9 Å². The topological polar surface area (TPSA) is 193 Å². The van der Waals surface area contributed by atoms with E-state index in [1.54, 1.807) is 51.4 Å². The van der Waals surface area contributed by atoms with Gasteiger partial charge in [-0.1, -0.05) is 76.3 Å². The summed E-state index contributed by atoms with van der Waals surface area (Å²) in [6.45, 7) is 9.10. The first-order chi connectivity index (χ1) is 27.0. The summed E-state index contributed by atoms with van der Waals surface area (Å²) in [7, 11) is 3.13. The van der Waals surface area contributed by atoms with E-state index < -0.39 is 77.9 Å². The Kier molecular flexibility index (Phi) is 14.4. The highest BCUT2D eigenvalue weighted by molar-refractivity contribution is 6.38. The van der Waals surface area contributed by atoms with Gasteiger partial charge < -0.3 is 40.5 Å². The van der Waals surface area contributed by atoms with Crippen LogP contribution in [0.3, 0.4) is 0 Å². The minimum Gasteiger partial charge on any atom is -0.446 e. The van der Waals surface area contributed by atoms with Gasteiger partial charge in [0, 0.05) is 26.6 Å². The number of nitrogens with one attached hydrogen (secondary N) is 4. The molecule has 4 fully saturated rings. The Morgan fingerprint density at radius 2 is 1.58 bits per heavy atom. The number of ketones is 1. The number of ether oxygens (including phenoxy) is 2. The van der Waals surface area contributed by atoms with Crippen molar-refractivity contribution in [1.82, 2.24) is 31.1 Å². The van der Waals surface area contributed by atoms with Crippen molar-refractivity contribution in [2.45, 2.75) is 134 Å². The summed E-state index contributed by atoms with van der Waals surface area (Å²) >= 11 is 0. The largest absolute Gasteiger partial charge is 0.446 e. The number of carbonyl (C=O) groups is 7. The number of Topliss-reactive ketones (excluding diaryl/α,β-unsaturated/α-hetero) is 1. The van der Waals surface area contributed by atoms with E-state index in [-0.39, 0.29) is 48.6 Å². The molecule has 2 aliphatic heterocycles. The van der Waals surface area contributed by atoms with Crippen LogP contribution in [0, 0.1) is 23.7 Å². The first kappa shape index (κ1) is 43.6. The molecule has 0 spiro atoms. The molecule has 5 rings (SSSR count). The van der Waals surface area contributed by atoms with E-state index in [0.29, 0.717) is 12.0 Å². The van der Waals surface area contributed by atoms with Crippen molar-refractivity contribution in [2.75, 3.05) is 27.2 Å². The molecule has 6 amide bonds. The first-order valence-corrected chi connectivity index (χ1v) is 20.6. The SMILES string of the molecule is CC(C)C(C)OC(=O)N[C@H](C(=O)N1C[C@@H]2OC(C)(C)C[C@@H]2[C@H]1C(=O)NC(CC1CC1)C(=O)C(=O)NCC(=O)N[C@H](C(=O)N(C)C)c1ccccc1)C1CCCCC1. The van der Waals surface area contributed by atoms with Gasteiger partial charge in [0.25, 0.3) is 5.91 Å². The summed E-state index contributed by atoms with van der Waals surface area (Å²) in [6.07, 6.45) is 5.20. The third kappa shape index (κ3) is 11.3. The number of hydrogen-bond donors (Lipinski definition) is 4. The summed E-state index contributed by atoms with van der Waals surface area (Å²) in [5.74, 6) is -4.33.